The van der Waals surface area contributed by atoms with Crippen molar-refractivity contribution in [2.45, 2.75) is 46.2 Å². The predicted molar refractivity (Wildman–Crippen MR) is 80.0 cm³/mol. The van der Waals surface area contributed by atoms with E-state index in [4.69, 9.17) is 4.74 Å². The zero-order valence-corrected chi connectivity index (χ0v) is 13.1. The van der Waals surface area contributed by atoms with Crippen molar-refractivity contribution in [3.05, 3.63) is 0 Å². The third-order valence-electron chi connectivity index (χ3n) is 3.44. The van der Waals surface area contributed by atoms with Gasteiger partial charge in [-0.3, -0.25) is 10.3 Å². The smallest absolute Gasteiger partial charge is 0.0622 e. The van der Waals surface area contributed by atoms with E-state index in [1.807, 2.05) is 0 Å². The highest BCUT2D eigenvalue weighted by Crippen LogP contribution is 2.00. The molecule has 1 heterocycles. The molecule has 0 amide bonds. The highest BCUT2D eigenvalue weighted by Gasteiger charge is 2.12. The normalized spacial score (nSPS) is 19.3. The van der Waals surface area contributed by atoms with Gasteiger partial charge in [-0.05, 0) is 33.7 Å². The van der Waals surface area contributed by atoms with Gasteiger partial charge in [-0.1, -0.05) is 6.92 Å². The summed E-state index contributed by atoms with van der Waals surface area (Å²) in [4.78, 5) is 2.49. The molecule has 1 rings (SSSR count). The molecule has 0 aliphatic carbocycles. The van der Waals surface area contributed by atoms with Gasteiger partial charge in [0.05, 0.1) is 19.9 Å². The molecule has 0 bridgehead atoms. The van der Waals surface area contributed by atoms with E-state index >= 15 is 0 Å². The summed E-state index contributed by atoms with van der Waals surface area (Å²) in [6.45, 7) is 15.8. The molecule has 2 N–H and O–H groups in total. The highest BCUT2D eigenvalue weighted by atomic mass is 16.5. The van der Waals surface area contributed by atoms with Gasteiger partial charge >= 0.3 is 0 Å². The average Bonchev–Trinajstić information content (AvgIpc) is 2.42. The molecule has 1 unspecified atom stereocenters. The fourth-order valence-electron chi connectivity index (χ4n) is 2.18. The molecule has 19 heavy (non-hydrogen) atoms. The van der Waals surface area contributed by atoms with E-state index in [-0.39, 0.29) is 0 Å². The van der Waals surface area contributed by atoms with Crippen molar-refractivity contribution in [3.63, 3.8) is 0 Å². The third kappa shape index (κ3) is 7.84. The maximum Gasteiger partial charge on any atom is 0.0622 e. The second-order valence-corrected chi connectivity index (χ2v) is 5.65. The molecule has 0 saturated carbocycles. The summed E-state index contributed by atoms with van der Waals surface area (Å²) in [7, 11) is 0. The fraction of sp³-hybridized carbons (Fsp3) is 1.00. The van der Waals surface area contributed by atoms with Crippen LogP contribution in [0.2, 0.25) is 0 Å². The molecule has 1 aliphatic heterocycles. The van der Waals surface area contributed by atoms with E-state index in [1.54, 1.807) is 0 Å². The van der Waals surface area contributed by atoms with Crippen LogP contribution in [0.15, 0.2) is 0 Å². The Balaban J connectivity index is 2.10. The van der Waals surface area contributed by atoms with Gasteiger partial charge in [-0.15, -0.1) is 0 Å². The van der Waals surface area contributed by atoms with Crippen LogP contribution in [0.4, 0.5) is 0 Å². The summed E-state index contributed by atoms with van der Waals surface area (Å²) in [6.07, 6.45) is 1.19. The van der Waals surface area contributed by atoms with Crippen molar-refractivity contribution in [3.8, 4) is 0 Å². The van der Waals surface area contributed by atoms with E-state index in [2.05, 4.69) is 48.3 Å². The number of hydrogen-bond acceptors (Lipinski definition) is 5. The second kappa shape index (κ2) is 9.66. The van der Waals surface area contributed by atoms with Crippen LogP contribution in [0.25, 0.3) is 0 Å². The van der Waals surface area contributed by atoms with Crippen molar-refractivity contribution >= 4 is 0 Å². The molecular formula is C14H32N4O. The lowest BCUT2D eigenvalue weighted by atomic mass is 10.2. The Morgan fingerprint density at radius 3 is 2.47 bits per heavy atom. The van der Waals surface area contributed by atoms with Gasteiger partial charge in [0.2, 0.25) is 0 Å². The number of morpholine rings is 1. The summed E-state index contributed by atoms with van der Waals surface area (Å²) in [6, 6.07) is 1.04. The Morgan fingerprint density at radius 2 is 1.89 bits per heavy atom. The lowest BCUT2D eigenvalue weighted by Crippen LogP contribution is -2.49. The van der Waals surface area contributed by atoms with Crippen molar-refractivity contribution in [2.75, 3.05) is 46.1 Å². The molecule has 1 atom stereocenters. The zero-order valence-electron chi connectivity index (χ0n) is 13.1. The Morgan fingerprint density at radius 1 is 1.21 bits per heavy atom. The lowest BCUT2D eigenvalue weighted by molar-refractivity contribution is 0.0360. The van der Waals surface area contributed by atoms with Gasteiger partial charge in [0.15, 0.2) is 0 Å². The first kappa shape index (κ1) is 16.9. The SMILES string of the molecule is CCN(CNC(C)CCN1CCOCC1)NC(C)C. The van der Waals surface area contributed by atoms with E-state index in [9.17, 15) is 0 Å². The molecule has 1 saturated heterocycles. The number of hydrogen-bond donors (Lipinski definition) is 2. The first-order valence-electron chi connectivity index (χ1n) is 7.66. The predicted octanol–water partition coefficient (Wildman–Crippen LogP) is 0.879. The van der Waals surface area contributed by atoms with E-state index in [1.165, 1.54) is 13.0 Å². The maximum absolute atomic E-state index is 5.36. The van der Waals surface area contributed by atoms with Crippen LogP contribution in [0.5, 0.6) is 0 Å². The van der Waals surface area contributed by atoms with Crippen molar-refractivity contribution in [2.24, 2.45) is 0 Å². The van der Waals surface area contributed by atoms with E-state index < -0.39 is 0 Å². The van der Waals surface area contributed by atoms with E-state index in [0.29, 0.717) is 12.1 Å². The van der Waals surface area contributed by atoms with Crippen LogP contribution in [0.1, 0.15) is 34.1 Å². The van der Waals surface area contributed by atoms with Crippen LogP contribution in [-0.4, -0.2) is 68.1 Å². The van der Waals surface area contributed by atoms with Crippen molar-refractivity contribution in [1.82, 2.24) is 20.7 Å². The van der Waals surface area contributed by atoms with Crippen molar-refractivity contribution in [1.29, 1.82) is 0 Å². The number of hydrazine groups is 1. The minimum Gasteiger partial charge on any atom is -0.379 e. The first-order valence-corrected chi connectivity index (χ1v) is 7.66. The second-order valence-electron chi connectivity index (χ2n) is 5.65. The summed E-state index contributed by atoms with van der Waals surface area (Å²) in [5, 5.41) is 5.82. The fourth-order valence-corrected chi connectivity index (χ4v) is 2.18. The Kier molecular flexibility index (Phi) is 8.57. The number of ether oxygens (including phenoxy) is 1. The molecule has 0 spiro atoms. The van der Waals surface area contributed by atoms with E-state index in [0.717, 1.165) is 39.5 Å². The molecule has 5 nitrogen and oxygen atoms in total. The molecule has 0 aromatic carbocycles. The molecule has 114 valence electrons. The molecule has 1 fully saturated rings. The van der Waals surface area contributed by atoms with Gasteiger partial charge < -0.3 is 10.1 Å². The van der Waals surface area contributed by atoms with Crippen LogP contribution in [-0.2, 0) is 4.74 Å². The Labute approximate surface area is 118 Å². The Bertz CT molecular complexity index is 219. The minimum atomic E-state index is 0.491. The van der Waals surface area contributed by atoms with Crippen LogP contribution >= 0.6 is 0 Å². The average molecular weight is 272 g/mol. The van der Waals surface area contributed by atoms with Gasteiger partial charge in [-0.25, -0.2) is 5.01 Å². The summed E-state index contributed by atoms with van der Waals surface area (Å²) in [5.74, 6) is 0. The van der Waals surface area contributed by atoms with Gasteiger partial charge in [0, 0.05) is 31.7 Å². The van der Waals surface area contributed by atoms with Gasteiger partial charge in [-0.2, -0.15) is 0 Å². The summed E-state index contributed by atoms with van der Waals surface area (Å²) >= 11 is 0. The topological polar surface area (TPSA) is 39.8 Å². The monoisotopic (exact) mass is 272 g/mol. The lowest BCUT2D eigenvalue weighted by Gasteiger charge is -2.29. The van der Waals surface area contributed by atoms with Crippen molar-refractivity contribution < 1.29 is 4.74 Å². The van der Waals surface area contributed by atoms with Gasteiger partial charge in [0.25, 0.3) is 0 Å². The third-order valence-corrected chi connectivity index (χ3v) is 3.44. The zero-order chi connectivity index (χ0) is 14.1. The first-order chi connectivity index (χ1) is 9.11. The Hall–Kier alpha value is -0.200. The highest BCUT2D eigenvalue weighted by molar-refractivity contribution is 4.67. The molecule has 5 heteroatoms. The quantitative estimate of drug-likeness (QED) is 0.482. The molecule has 0 radical (unpaired) electrons. The molecule has 0 aromatic rings. The summed E-state index contributed by atoms with van der Waals surface area (Å²) in [5.41, 5.74) is 3.43. The number of nitrogens with one attached hydrogen (secondary N) is 2. The largest absolute Gasteiger partial charge is 0.379 e. The molecular weight excluding hydrogens is 240 g/mol. The minimum absolute atomic E-state index is 0.491. The molecule has 0 aromatic heterocycles. The number of rotatable bonds is 9. The maximum atomic E-state index is 5.36. The van der Waals surface area contributed by atoms with Gasteiger partial charge in [0.1, 0.15) is 0 Å². The van der Waals surface area contributed by atoms with Crippen LogP contribution in [0.3, 0.4) is 0 Å². The van der Waals surface area contributed by atoms with Crippen LogP contribution < -0.4 is 10.7 Å². The van der Waals surface area contributed by atoms with Crippen LogP contribution in [0, 0.1) is 0 Å². The standard InChI is InChI=1S/C14H32N4O/c1-5-18(16-13(2)3)12-15-14(4)6-7-17-8-10-19-11-9-17/h13-16H,5-12H2,1-4H3. The number of nitrogens with zero attached hydrogens (tertiary/aromatic N) is 2. The summed E-state index contributed by atoms with van der Waals surface area (Å²) < 4.78 is 5.36. The molecule has 1 aliphatic rings.